The summed E-state index contributed by atoms with van der Waals surface area (Å²) < 4.78 is 27.2. The normalized spacial score (nSPS) is 12.5. The lowest BCUT2D eigenvalue weighted by Gasteiger charge is -2.02. The first-order valence-electron chi connectivity index (χ1n) is 5.02. The fraction of sp³-hybridized carbons (Fsp3) is 0. The molecular formula is C13H7F2NO. The number of carbonyl (C=O) groups is 1. The van der Waals surface area contributed by atoms with E-state index in [0.29, 0.717) is 11.3 Å². The van der Waals surface area contributed by atoms with Gasteiger partial charge in [-0.05, 0) is 29.8 Å². The minimum atomic E-state index is -0.707. The van der Waals surface area contributed by atoms with Gasteiger partial charge in [0.05, 0.1) is 5.56 Å². The molecule has 3 rings (SSSR count). The number of rotatable bonds is 0. The van der Waals surface area contributed by atoms with E-state index in [9.17, 15) is 13.6 Å². The zero-order valence-electron chi connectivity index (χ0n) is 8.63. The Morgan fingerprint density at radius 2 is 1.53 bits per heavy atom. The van der Waals surface area contributed by atoms with Gasteiger partial charge in [-0.25, -0.2) is 8.78 Å². The van der Waals surface area contributed by atoms with Gasteiger partial charge in [-0.2, -0.15) is 0 Å². The average Bonchev–Trinajstić information content (AvgIpc) is 2.59. The zero-order valence-corrected chi connectivity index (χ0v) is 8.63. The molecule has 0 saturated heterocycles. The lowest BCUT2D eigenvalue weighted by molar-refractivity contribution is 0.103. The Morgan fingerprint density at radius 1 is 0.882 bits per heavy atom. The topological polar surface area (TPSA) is 43.1 Å². The number of nitrogen functional groups attached to an aromatic ring is 1. The number of anilines is 1. The molecule has 1 aliphatic carbocycles. The predicted octanol–water partition coefficient (Wildman–Crippen LogP) is 2.76. The predicted molar refractivity (Wildman–Crippen MR) is 59.6 cm³/mol. The third-order valence-electron chi connectivity index (χ3n) is 2.89. The van der Waals surface area contributed by atoms with E-state index < -0.39 is 17.4 Å². The molecule has 0 saturated carbocycles. The molecular weight excluding hydrogens is 224 g/mol. The van der Waals surface area contributed by atoms with E-state index in [-0.39, 0.29) is 16.7 Å². The van der Waals surface area contributed by atoms with Gasteiger partial charge >= 0.3 is 0 Å². The second-order valence-electron chi connectivity index (χ2n) is 3.91. The van der Waals surface area contributed by atoms with Crippen LogP contribution in [0.25, 0.3) is 11.1 Å². The molecule has 2 aromatic carbocycles. The van der Waals surface area contributed by atoms with E-state index in [2.05, 4.69) is 0 Å². The summed E-state index contributed by atoms with van der Waals surface area (Å²) in [6.45, 7) is 0. The monoisotopic (exact) mass is 231 g/mol. The molecule has 0 unspecified atom stereocenters. The van der Waals surface area contributed by atoms with Gasteiger partial charge in [-0.3, -0.25) is 4.79 Å². The van der Waals surface area contributed by atoms with Crippen LogP contribution in [0.3, 0.4) is 0 Å². The van der Waals surface area contributed by atoms with Crippen LogP contribution in [-0.2, 0) is 0 Å². The highest BCUT2D eigenvalue weighted by molar-refractivity contribution is 6.22. The zero-order chi connectivity index (χ0) is 12.2. The first kappa shape index (κ1) is 9.96. The molecule has 2 nitrogen and oxygen atoms in total. The number of benzene rings is 2. The van der Waals surface area contributed by atoms with Crippen molar-refractivity contribution >= 4 is 11.5 Å². The van der Waals surface area contributed by atoms with E-state index in [1.165, 1.54) is 12.1 Å². The summed E-state index contributed by atoms with van der Waals surface area (Å²) in [6.07, 6.45) is 0. The van der Waals surface area contributed by atoms with Gasteiger partial charge in [0.25, 0.3) is 0 Å². The van der Waals surface area contributed by atoms with E-state index in [0.717, 1.165) is 12.1 Å². The molecule has 0 spiro atoms. The Balaban J connectivity index is 2.43. The minimum Gasteiger partial charge on any atom is -0.399 e. The maximum atomic E-state index is 13.7. The van der Waals surface area contributed by atoms with Crippen LogP contribution in [0.2, 0.25) is 0 Å². The Hall–Kier alpha value is -2.23. The van der Waals surface area contributed by atoms with Crippen molar-refractivity contribution in [2.24, 2.45) is 0 Å². The van der Waals surface area contributed by atoms with Crippen LogP contribution in [0.5, 0.6) is 0 Å². The molecule has 0 atom stereocenters. The van der Waals surface area contributed by atoms with Gasteiger partial charge in [0.1, 0.15) is 11.6 Å². The van der Waals surface area contributed by atoms with E-state index in [1.807, 2.05) is 0 Å². The van der Waals surface area contributed by atoms with Crippen LogP contribution in [0.4, 0.5) is 14.5 Å². The lowest BCUT2D eigenvalue weighted by Crippen LogP contribution is -2.00. The van der Waals surface area contributed by atoms with Crippen molar-refractivity contribution in [2.75, 3.05) is 5.73 Å². The van der Waals surface area contributed by atoms with Crippen molar-refractivity contribution in [1.29, 1.82) is 0 Å². The summed E-state index contributed by atoms with van der Waals surface area (Å²) >= 11 is 0. The van der Waals surface area contributed by atoms with Crippen LogP contribution in [0.1, 0.15) is 15.9 Å². The number of halogens is 2. The first-order chi connectivity index (χ1) is 8.09. The highest BCUT2D eigenvalue weighted by atomic mass is 19.1. The van der Waals surface area contributed by atoms with Crippen molar-refractivity contribution in [1.82, 2.24) is 0 Å². The van der Waals surface area contributed by atoms with Gasteiger partial charge in [-0.1, -0.05) is 6.07 Å². The number of hydrogen-bond donors (Lipinski definition) is 1. The molecule has 2 N–H and O–H groups in total. The van der Waals surface area contributed by atoms with Gasteiger partial charge in [-0.15, -0.1) is 0 Å². The molecule has 0 radical (unpaired) electrons. The Kier molecular flexibility index (Phi) is 1.84. The summed E-state index contributed by atoms with van der Waals surface area (Å²) in [4.78, 5) is 12.0. The summed E-state index contributed by atoms with van der Waals surface area (Å²) in [5.41, 5.74) is 6.44. The van der Waals surface area contributed by atoms with Crippen LogP contribution in [0.15, 0.2) is 30.3 Å². The largest absolute Gasteiger partial charge is 0.399 e. The van der Waals surface area contributed by atoms with Crippen LogP contribution < -0.4 is 5.73 Å². The number of ketones is 1. The SMILES string of the molecule is Nc1ccc2c(c1)C(=O)c1c(F)ccc(F)c1-2. The van der Waals surface area contributed by atoms with Crippen molar-refractivity contribution in [3.05, 3.63) is 53.1 Å². The van der Waals surface area contributed by atoms with E-state index >= 15 is 0 Å². The third kappa shape index (κ3) is 1.21. The quantitative estimate of drug-likeness (QED) is 0.604. The van der Waals surface area contributed by atoms with Crippen LogP contribution in [-0.4, -0.2) is 5.78 Å². The van der Waals surface area contributed by atoms with E-state index in [4.69, 9.17) is 5.73 Å². The van der Waals surface area contributed by atoms with Gasteiger partial charge in [0.2, 0.25) is 0 Å². The summed E-state index contributed by atoms with van der Waals surface area (Å²) in [5.74, 6) is -1.82. The van der Waals surface area contributed by atoms with E-state index in [1.54, 1.807) is 6.07 Å². The average molecular weight is 231 g/mol. The Bertz CT molecular complexity index is 665. The standard InChI is InChI=1S/C13H7F2NO/c14-9-3-4-10(15)12-11(9)7-2-1-6(16)5-8(7)13(12)17/h1-5H,16H2. The fourth-order valence-corrected chi connectivity index (χ4v) is 2.14. The Labute approximate surface area is 95.7 Å². The molecule has 2 aromatic rings. The second-order valence-corrected chi connectivity index (χ2v) is 3.91. The summed E-state index contributed by atoms with van der Waals surface area (Å²) in [7, 11) is 0. The van der Waals surface area contributed by atoms with Crippen molar-refractivity contribution in [3.8, 4) is 11.1 Å². The van der Waals surface area contributed by atoms with Crippen molar-refractivity contribution in [2.45, 2.75) is 0 Å². The van der Waals surface area contributed by atoms with Crippen LogP contribution >= 0.6 is 0 Å². The third-order valence-corrected chi connectivity index (χ3v) is 2.89. The van der Waals surface area contributed by atoms with Gasteiger partial charge in [0, 0.05) is 16.8 Å². The highest BCUT2D eigenvalue weighted by Crippen LogP contribution is 2.40. The Morgan fingerprint density at radius 3 is 2.24 bits per heavy atom. The molecule has 0 fully saturated rings. The smallest absolute Gasteiger partial charge is 0.197 e. The maximum Gasteiger partial charge on any atom is 0.197 e. The number of hydrogen-bond acceptors (Lipinski definition) is 2. The minimum absolute atomic E-state index is 0.0324. The molecule has 1 aliphatic rings. The van der Waals surface area contributed by atoms with Crippen LogP contribution in [0, 0.1) is 11.6 Å². The highest BCUT2D eigenvalue weighted by Gasteiger charge is 2.32. The number of nitrogens with two attached hydrogens (primary N) is 1. The lowest BCUT2D eigenvalue weighted by atomic mass is 10.0. The number of carbonyl (C=O) groups excluding carboxylic acids is 1. The fourth-order valence-electron chi connectivity index (χ4n) is 2.14. The molecule has 0 bridgehead atoms. The first-order valence-corrected chi connectivity index (χ1v) is 5.02. The molecule has 17 heavy (non-hydrogen) atoms. The second kappa shape index (κ2) is 3.13. The molecule has 4 heteroatoms. The maximum absolute atomic E-state index is 13.7. The molecule has 0 aliphatic heterocycles. The van der Waals surface area contributed by atoms with Gasteiger partial charge in [0.15, 0.2) is 5.78 Å². The van der Waals surface area contributed by atoms with Crippen molar-refractivity contribution < 1.29 is 13.6 Å². The van der Waals surface area contributed by atoms with Gasteiger partial charge < -0.3 is 5.73 Å². The number of fused-ring (bicyclic) bond motifs is 3. The summed E-state index contributed by atoms with van der Waals surface area (Å²) in [5, 5.41) is 0. The summed E-state index contributed by atoms with van der Waals surface area (Å²) in [6, 6.07) is 6.52. The molecule has 0 aromatic heterocycles. The van der Waals surface area contributed by atoms with Crippen molar-refractivity contribution in [3.63, 3.8) is 0 Å². The molecule has 0 heterocycles. The molecule has 84 valence electrons. The molecule has 0 amide bonds.